The molecule has 1 atom stereocenters. The molecule has 0 bridgehead atoms. The third-order valence-corrected chi connectivity index (χ3v) is 8.56. The van der Waals surface area contributed by atoms with Gasteiger partial charge in [0.15, 0.2) is 0 Å². The molecule has 6 aromatic carbocycles. The molecule has 6 aromatic rings. The minimum atomic E-state index is -4.22. The number of nitrogens with zero attached hydrogens (tertiary/aromatic N) is 4. The molecule has 0 aliphatic rings. The molecule has 1 unspecified atom stereocenters. The van der Waals surface area contributed by atoms with Crippen molar-refractivity contribution in [2.75, 3.05) is 0 Å². The van der Waals surface area contributed by atoms with Crippen molar-refractivity contribution >= 4 is 64.3 Å². The Balaban J connectivity index is 0.000000260. The molecule has 0 fully saturated rings. The number of azo groups is 2. The van der Waals surface area contributed by atoms with Crippen LogP contribution in [-0.4, -0.2) is 27.4 Å². The normalized spacial score (nSPS) is 12.5. The minimum Gasteiger partial charge on any atom is -0.871 e. The Morgan fingerprint density at radius 2 is 1.08 bits per heavy atom. The summed E-state index contributed by atoms with van der Waals surface area (Å²) >= 11 is 0. The van der Waals surface area contributed by atoms with Crippen LogP contribution < -0.4 is 21.5 Å². The molecular formula is C32H26CoN7O8S2. The van der Waals surface area contributed by atoms with Gasteiger partial charge in [0.05, 0.1) is 16.3 Å². The zero-order chi connectivity index (χ0) is 34.6. The maximum atomic E-state index is 12.0. The molecule has 0 amide bonds. The van der Waals surface area contributed by atoms with Crippen LogP contribution >= 0.6 is 0 Å². The predicted octanol–water partition coefficient (Wildman–Crippen LogP) is 6.41. The summed E-state index contributed by atoms with van der Waals surface area (Å²) in [6.45, 7) is 0. The van der Waals surface area contributed by atoms with Crippen LogP contribution in [0.2, 0.25) is 0 Å². The summed E-state index contributed by atoms with van der Waals surface area (Å²) in [4.78, 5) is -0.562. The molecule has 8 N–H and O–H groups in total. The van der Waals surface area contributed by atoms with Crippen LogP contribution in [0.1, 0.15) is 0 Å². The number of primary sulfonamides is 1. The summed E-state index contributed by atoms with van der Waals surface area (Å²) in [6, 6.07) is 27.0. The number of benzene rings is 6. The van der Waals surface area contributed by atoms with Crippen molar-refractivity contribution < 1.29 is 54.4 Å². The summed E-state index contributed by atoms with van der Waals surface area (Å²) in [5.74, 6) is -1.27. The van der Waals surface area contributed by atoms with E-state index < -0.39 is 25.8 Å². The van der Waals surface area contributed by atoms with Gasteiger partial charge in [0.2, 0.25) is 10.0 Å². The van der Waals surface area contributed by atoms with Crippen LogP contribution in [0.25, 0.3) is 21.5 Å². The number of hydrogen-bond acceptors (Lipinski definition) is 14. The van der Waals surface area contributed by atoms with Crippen molar-refractivity contribution in [1.82, 2.24) is 6.15 Å². The zero-order valence-corrected chi connectivity index (χ0v) is 28.1. The van der Waals surface area contributed by atoms with Gasteiger partial charge >= 0.3 is 16.8 Å². The van der Waals surface area contributed by atoms with E-state index in [0.717, 1.165) is 41.1 Å². The van der Waals surface area contributed by atoms with Crippen LogP contribution in [0.5, 0.6) is 23.0 Å². The molecule has 258 valence electrons. The molecule has 6 rings (SSSR count). The molecule has 15 nitrogen and oxygen atoms in total. The molecule has 0 spiro atoms. The van der Waals surface area contributed by atoms with E-state index in [0.29, 0.717) is 10.8 Å². The Kier molecular flexibility index (Phi) is 12.3. The number of nitrogens with one attached hydrogen (secondary N) is 1. The van der Waals surface area contributed by atoms with Crippen molar-refractivity contribution in [3.63, 3.8) is 0 Å². The smallest absolute Gasteiger partial charge is 0.871 e. The Labute approximate surface area is 296 Å². The van der Waals surface area contributed by atoms with Crippen LogP contribution in [0.4, 0.5) is 22.7 Å². The summed E-state index contributed by atoms with van der Waals surface area (Å²) in [5, 5.41) is 66.9. The summed E-state index contributed by atoms with van der Waals surface area (Å²) in [6.07, 6.45) is 0. The fraction of sp³-hybridized carbons (Fsp3) is 0. The Hall–Kier alpha value is -5.47. The average molecular weight is 760 g/mol. The van der Waals surface area contributed by atoms with E-state index in [9.17, 15) is 37.6 Å². The fourth-order valence-corrected chi connectivity index (χ4v) is 5.45. The maximum absolute atomic E-state index is 12.0. The van der Waals surface area contributed by atoms with Crippen molar-refractivity contribution in [3.8, 4) is 23.0 Å². The molecule has 0 saturated carbocycles. The average Bonchev–Trinajstić information content (AvgIpc) is 3.04. The van der Waals surface area contributed by atoms with Gasteiger partial charge in [0.25, 0.3) is 0 Å². The van der Waals surface area contributed by atoms with Gasteiger partial charge in [-0.3, -0.25) is 8.99 Å². The largest absolute Gasteiger partial charge is 3.00 e. The first-order chi connectivity index (χ1) is 22.7. The van der Waals surface area contributed by atoms with E-state index in [1.54, 1.807) is 42.5 Å². The second kappa shape index (κ2) is 15.8. The quantitative estimate of drug-likeness (QED) is 0.117. The maximum Gasteiger partial charge on any atom is 3.00 e. The topological polar surface area (TPSA) is 295 Å². The van der Waals surface area contributed by atoms with Crippen LogP contribution in [0.3, 0.4) is 0 Å². The van der Waals surface area contributed by atoms with Gasteiger partial charge in [-0.2, -0.15) is 10.2 Å². The van der Waals surface area contributed by atoms with E-state index in [1.807, 2.05) is 18.2 Å². The third kappa shape index (κ3) is 8.95. The number of nitrogens with two attached hydrogens (primary N) is 1. The molecule has 0 aromatic heterocycles. The van der Waals surface area contributed by atoms with Gasteiger partial charge in [-0.05, 0) is 47.2 Å². The first kappa shape index (κ1) is 39.0. The van der Waals surface area contributed by atoms with E-state index in [4.69, 9.17) is 9.92 Å². The standard InChI is InChI=1S/2C16H13N3O4S.Co.H3N/c2*17-24(22,23)11-6-8-14(20)13(9-11)18-19-16-12-4-2-1-3-10(12)5-7-15(16)21;;/h2*1-9,20-21H,(H2,17,22,23);;1H3/q;;+3;/p-3. The Bertz CT molecular complexity index is 2310. The SMILES string of the molecule is N.N=S(=O)([O-])c1ccc([O-])c(N=Nc2c([O-])ccc3ccccc23)c1.NS(=O)(=O)c1ccc(O)c(N=Nc2c(O)ccc3ccccc23)c1.[Co+3]. The van der Waals surface area contributed by atoms with Crippen molar-refractivity contribution in [1.29, 1.82) is 4.78 Å². The Morgan fingerprint density at radius 3 is 1.70 bits per heavy atom. The van der Waals surface area contributed by atoms with Gasteiger partial charge in [-0.25, -0.2) is 13.6 Å². The van der Waals surface area contributed by atoms with Gasteiger partial charge in [0.1, 0.15) is 22.9 Å². The number of sulfonamides is 1. The fourth-order valence-electron chi connectivity index (χ4n) is 4.40. The number of phenolic OH excluding ortho intramolecular Hbond substituents is 2. The molecule has 50 heavy (non-hydrogen) atoms. The monoisotopic (exact) mass is 759 g/mol. The number of fused-ring (bicyclic) bond motifs is 2. The minimum absolute atomic E-state index is 0. The van der Waals surface area contributed by atoms with E-state index >= 15 is 0 Å². The molecule has 0 radical (unpaired) electrons. The molecule has 0 heterocycles. The number of phenols is 2. The summed E-state index contributed by atoms with van der Waals surface area (Å²) < 4.78 is 52.3. The third-order valence-electron chi connectivity index (χ3n) is 6.77. The van der Waals surface area contributed by atoms with E-state index in [1.165, 1.54) is 18.2 Å². The number of aromatic hydroxyl groups is 2. The zero-order valence-electron chi connectivity index (χ0n) is 25.5. The van der Waals surface area contributed by atoms with Crippen molar-refractivity contribution in [2.24, 2.45) is 25.6 Å². The predicted molar refractivity (Wildman–Crippen MR) is 178 cm³/mol. The van der Waals surface area contributed by atoms with E-state index in [-0.39, 0.29) is 72.7 Å². The van der Waals surface area contributed by atoms with Crippen LogP contribution in [-0.2, 0) is 36.8 Å². The summed E-state index contributed by atoms with van der Waals surface area (Å²) in [7, 11) is -8.15. The second-order valence-electron chi connectivity index (χ2n) is 10.0. The van der Waals surface area contributed by atoms with Crippen LogP contribution in [0.15, 0.2) is 139 Å². The van der Waals surface area contributed by atoms with E-state index in [2.05, 4.69) is 20.5 Å². The molecular weight excluding hydrogens is 733 g/mol. The van der Waals surface area contributed by atoms with Crippen molar-refractivity contribution in [2.45, 2.75) is 9.79 Å². The second-order valence-corrected chi connectivity index (χ2v) is 13.1. The summed E-state index contributed by atoms with van der Waals surface area (Å²) in [5.41, 5.74) is -0.0512. The van der Waals surface area contributed by atoms with Gasteiger partial charge < -0.3 is 31.1 Å². The number of hydrogen-bond donors (Lipinski definition) is 5. The van der Waals surface area contributed by atoms with Crippen molar-refractivity contribution in [3.05, 3.63) is 109 Å². The molecule has 0 aliphatic carbocycles. The first-order valence-electron chi connectivity index (χ1n) is 13.6. The molecule has 0 aliphatic heterocycles. The Morgan fingerprint density at radius 1 is 0.600 bits per heavy atom. The van der Waals surface area contributed by atoms with Gasteiger partial charge in [0, 0.05) is 25.7 Å². The molecule has 0 saturated heterocycles. The van der Waals surface area contributed by atoms with Gasteiger partial charge in [-0.1, -0.05) is 84.3 Å². The van der Waals surface area contributed by atoms with Crippen LogP contribution in [0, 0.1) is 4.78 Å². The first-order valence-corrected chi connectivity index (χ1v) is 16.6. The number of rotatable bonds is 6. The van der Waals surface area contributed by atoms with Gasteiger partial charge in [-0.15, -0.1) is 10.2 Å². The molecule has 18 heteroatoms.